The van der Waals surface area contributed by atoms with E-state index in [1.165, 1.54) is 6.92 Å². The fourth-order valence-electron chi connectivity index (χ4n) is 2.76. The fourth-order valence-corrected chi connectivity index (χ4v) is 2.89. The number of amides is 2. The van der Waals surface area contributed by atoms with Gasteiger partial charge in [-0.05, 0) is 13.3 Å². The van der Waals surface area contributed by atoms with Gasteiger partial charge in [0.1, 0.15) is 11.1 Å². The number of halogens is 1. The summed E-state index contributed by atoms with van der Waals surface area (Å²) >= 11 is 5.86. The number of alkyl halides is 1. The number of hydrogen-bond donors (Lipinski definition) is 0. The van der Waals surface area contributed by atoms with E-state index in [9.17, 15) is 9.59 Å². The number of hydrogen-bond acceptors (Lipinski definition) is 4. The first-order chi connectivity index (χ1) is 10.8. The van der Waals surface area contributed by atoms with Crippen molar-refractivity contribution >= 4 is 23.4 Å². The monoisotopic (exact) mass is 341 g/mol. The molecule has 0 saturated carbocycles. The highest BCUT2D eigenvalue weighted by atomic mass is 35.5. The van der Waals surface area contributed by atoms with Crippen LogP contribution in [0.3, 0.4) is 0 Å². The van der Waals surface area contributed by atoms with Crippen LogP contribution >= 0.6 is 11.6 Å². The third kappa shape index (κ3) is 4.25. The van der Waals surface area contributed by atoms with Crippen molar-refractivity contribution in [3.05, 3.63) is 17.8 Å². The Balaban J connectivity index is 2.04. The van der Waals surface area contributed by atoms with Crippen molar-refractivity contribution in [1.29, 1.82) is 0 Å². The number of nitrogens with zero attached hydrogens (tertiary/aromatic N) is 3. The molecule has 7 heteroatoms. The standard InChI is InChI=1S/C16H24ClN3O3/c1-10(2)14-7-18-15(23-14)9-20(12(4)21)13-5-6-19(8-13)16(22)11(3)17/h7,10-11,13H,5-6,8-9H2,1-4H3. The topological polar surface area (TPSA) is 66.7 Å². The number of carbonyl (C=O) groups excluding carboxylic acids is 2. The Bertz CT molecular complexity index is 571. The maximum Gasteiger partial charge on any atom is 0.240 e. The Morgan fingerprint density at radius 3 is 2.70 bits per heavy atom. The molecule has 0 spiro atoms. The van der Waals surface area contributed by atoms with Gasteiger partial charge in [0, 0.05) is 25.9 Å². The number of carbonyl (C=O) groups is 2. The molecule has 2 heterocycles. The molecule has 0 N–H and O–H groups in total. The lowest BCUT2D eigenvalue weighted by molar-refractivity contribution is -0.134. The van der Waals surface area contributed by atoms with Crippen LogP contribution in [0.1, 0.15) is 51.7 Å². The summed E-state index contributed by atoms with van der Waals surface area (Å²) in [5, 5.41) is -0.542. The van der Waals surface area contributed by atoms with Crippen molar-refractivity contribution < 1.29 is 14.0 Å². The molecule has 2 unspecified atom stereocenters. The first kappa shape index (κ1) is 17.8. The van der Waals surface area contributed by atoms with Gasteiger partial charge in [0.15, 0.2) is 0 Å². The Hall–Kier alpha value is -1.56. The van der Waals surface area contributed by atoms with Gasteiger partial charge in [-0.25, -0.2) is 4.98 Å². The van der Waals surface area contributed by atoms with Crippen molar-refractivity contribution in [1.82, 2.24) is 14.8 Å². The second-order valence-electron chi connectivity index (χ2n) is 6.30. The van der Waals surface area contributed by atoms with Gasteiger partial charge in [0.25, 0.3) is 0 Å². The lowest BCUT2D eigenvalue weighted by Gasteiger charge is -2.27. The van der Waals surface area contributed by atoms with Crippen molar-refractivity contribution in [2.24, 2.45) is 0 Å². The summed E-state index contributed by atoms with van der Waals surface area (Å²) in [5.41, 5.74) is 0. The summed E-state index contributed by atoms with van der Waals surface area (Å²) < 4.78 is 5.69. The van der Waals surface area contributed by atoms with Crippen LogP contribution in [-0.4, -0.2) is 51.1 Å². The van der Waals surface area contributed by atoms with Gasteiger partial charge in [0.05, 0.1) is 18.8 Å². The average Bonchev–Trinajstić information content (AvgIpc) is 3.12. The zero-order chi connectivity index (χ0) is 17.1. The van der Waals surface area contributed by atoms with Gasteiger partial charge in [-0.2, -0.15) is 0 Å². The highest BCUT2D eigenvalue weighted by Crippen LogP contribution is 2.21. The zero-order valence-corrected chi connectivity index (χ0v) is 14.8. The van der Waals surface area contributed by atoms with Crippen molar-refractivity contribution in [3.8, 4) is 0 Å². The van der Waals surface area contributed by atoms with Gasteiger partial charge < -0.3 is 14.2 Å². The van der Waals surface area contributed by atoms with E-state index in [4.69, 9.17) is 16.0 Å². The minimum Gasteiger partial charge on any atom is -0.444 e. The van der Waals surface area contributed by atoms with Crippen LogP contribution in [0, 0.1) is 0 Å². The number of rotatable bonds is 5. The summed E-state index contributed by atoms with van der Waals surface area (Å²) in [6.07, 6.45) is 2.45. The first-order valence-corrected chi connectivity index (χ1v) is 8.38. The molecule has 2 atom stereocenters. The van der Waals surface area contributed by atoms with Crippen molar-refractivity contribution in [2.45, 2.75) is 58.0 Å². The minimum atomic E-state index is -0.542. The van der Waals surface area contributed by atoms with E-state index in [0.717, 1.165) is 12.2 Å². The predicted molar refractivity (Wildman–Crippen MR) is 87.1 cm³/mol. The van der Waals surface area contributed by atoms with Crippen LogP contribution in [0.5, 0.6) is 0 Å². The summed E-state index contributed by atoms with van der Waals surface area (Å²) in [6.45, 7) is 8.70. The molecular weight excluding hydrogens is 318 g/mol. The minimum absolute atomic E-state index is 0.0266. The smallest absolute Gasteiger partial charge is 0.240 e. The molecule has 2 rings (SSSR count). The van der Waals surface area contributed by atoms with E-state index in [1.54, 1.807) is 22.9 Å². The molecule has 23 heavy (non-hydrogen) atoms. The average molecular weight is 342 g/mol. The molecule has 128 valence electrons. The van der Waals surface area contributed by atoms with Crippen LogP contribution < -0.4 is 0 Å². The molecule has 0 aliphatic carbocycles. The number of likely N-dealkylation sites (tertiary alicyclic amines) is 1. The molecule has 0 bridgehead atoms. The summed E-state index contributed by atoms with van der Waals surface area (Å²) in [4.78, 5) is 31.7. The fraction of sp³-hybridized carbons (Fsp3) is 0.688. The van der Waals surface area contributed by atoms with E-state index in [2.05, 4.69) is 4.98 Å². The maximum atomic E-state index is 12.0. The Labute approximate surface area is 141 Å². The molecule has 0 aromatic carbocycles. The Morgan fingerprint density at radius 1 is 1.48 bits per heavy atom. The lowest BCUT2D eigenvalue weighted by Crippen LogP contribution is -2.42. The number of oxazole rings is 1. The lowest BCUT2D eigenvalue weighted by atomic mass is 10.2. The molecule has 0 radical (unpaired) electrons. The number of aromatic nitrogens is 1. The molecule has 1 fully saturated rings. The van der Waals surface area contributed by atoms with E-state index < -0.39 is 5.38 Å². The van der Waals surface area contributed by atoms with Crippen LogP contribution in [-0.2, 0) is 16.1 Å². The predicted octanol–water partition coefficient (Wildman–Crippen LogP) is 2.37. The third-order valence-corrected chi connectivity index (χ3v) is 4.29. The van der Waals surface area contributed by atoms with E-state index in [1.807, 2.05) is 13.8 Å². The second kappa shape index (κ2) is 7.34. The van der Waals surface area contributed by atoms with Gasteiger partial charge in [-0.1, -0.05) is 13.8 Å². The van der Waals surface area contributed by atoms with Crippen molar-refractivity contribution in [3.63, 3.8) is 0 Å². The zero-order valence-electron chi connectivity index (χ0n) is 14.1. The molecule has 2 amide bonds. The Morgan fingerprint density at radius 2 is 2.17 bits per heavy atom. The van der Waals surface area contributed by atoms with Crippen LogP contribution in [0.4, 0.5) is 0 Å². The van der Waals surface area contributed by atoms with Crippen LogP contribution in [0.15, 0.2) is 10.6 Å². The normalized spacial score (nSPS) is 19.2. The summed E-state index contributed by atoms with van der Waals surface area (Å²) in [6, 6.07) is -0.0266. The summed E-state index contributed by atoms with van der Waals surface area (Å²) in [7, 11) is 0. The second-order valence-corrected chi connectivity index (χ2v) is 6.96. The molecular formula is C16H24ClN3O3. The molecule has 1 aliphatic rings. The van der Waals surface area contributed by atoms with Gasteiger partial charge >= 0.3 is 0 Å². The van der Waals surface area contributed by atoms with Gasteiger partial charge in [0.2, 0.25) is 17.7 Å². The van der Waals surface area contributed by atoms with Gasteiger partial charge in [-0.15, -0.1) is 11.6 Å². The molecule has 1 aromatic heterocycles. The van der Waals surface area contributed by atoms with E-state index in [0.29, 0.717) is 25.5 Å². The van der Waals surface area contributed by atoms with Crippen LogP contribution in [0.2, 0.25) is 0 Å². The Kier molecular flexibility index (Phi) is 5.68. The maximum absolute atomic E-state index is 12.0. The SMILES string of the molecule is CC(=O)N(Cc1ncc(C(C)C)o1)C1CCN(C(=O)C(C)Cl)C1. The molecule has 1 aliphatic heterocycles. The molecule has 1 saturated heterocycles. The molecule has 1 aromatic rings. The summed E-state index contributed by atoms with van der Waals surface area (Å²) in [5.74, 6) is 1.46. The highest BCUT2D eigenvalue weighted by Gasteiger charge is 2.33. The quantitative estimate of drug-likeness (QED) is 0.771. The van der Waals surface area contributed by atoms with Gasteiger partial charge in [-0.3, -0.25) is 9.59 Å². The largest absolute Gasteiger partial charge is 0.444 e. The first-order valence-electron chi connectivity index (χ1n) is 7.94. The molecule has 6 nitrogen and oxygen atoms in total. The third-order valence-electron chi connectivity index (χ3n) is 4.11. The van der Waals surface area contributed by atoms with Crippen molar-refractivity contribution in [2.75, 3.05) is 13.1 Å². The van der Waals surface area contributed by atoms with Crippen LogP contribution in [0.25, 0.3) is 0 Å². The van der Waals surface area contributed by atoms with E-state index >= 15 is 0 Å². The van der Waals surface area contributed by atoms with E-state index in [-0.39, 0.29) is 23.8 Å². The highest BCUT2D eigenvalue weighted by molar-refractivity contribution is 6.30.